The summed E-state index contributed by atoms with van der Waals surface area (Å²) in [5, 5.41) is 3.34. The quantitative estimate of drug-likeness (QED) is 0.864. The summed E-state index contributed by atoms with van der Waals surface area (Å²) in [4.78, 5) is 13.9. The lowest BCUT2D eigenvalue weighted by molar-refractivity contribution is -0.117. The van der Waals surface area contributed by atoms with Crippen molar-refractivity contribution in [2.24, 2.45) is 0 Å². The first-order valence-electron chi connectivity index (χ1n) is 6.22. The van der Waals surface area contributed by atoms with E-state index >= 15 is 0 Å². The molecule has 3 heteroatoms. The molecular formula is C14H20N2O. The SMILES string of the molecule is CCNC1CC(=O)N(c2ccc(C)cc2C)C1. The molecule has 0 aromatic heterocycles. The Kier molecular flexibility index (Phi) is 3.48. The van der Waals surface area contributed by atoms with Crippen LogP contribution < -0.4 is 10.2 Å². The van der Waals surface area contributed by atoms with Crippen LogP contribution in [0.4, 0.5) is 5.69 Å². The van der Waals surface area contributed by atoms with Gasteiger partial charge in [-0.3, -0.25) is 4.79 Å². The van der Waals surface area contributed by atoms with Gasteiger partial charge < -0.3 is 10.2 Å². The van der Waals surface area contributed by atoms with Gasteiger partial charge in [-0.1, -0.05) is 24.6 Å². The molecular weight excluding hydrogens is 212 g/mol. The van der Waals surface area contributed by atoms with E-state index in [1.165, 1.54) is 11.1 Å². The van der Waals surface area contributed by atoms with Crippen molar-refractivity contribution in [3.8, 4) is 0 Å². The van der Waals surface area contributed by atoms with E-state index < -0.39 is 0 Å². The van der Waals surface area contributed by atoms with E-state index in [-0.39, 0.29) is 5.91 Å². The van der Waals surface area contributed by atoms with Gasteiger partial charge in [-0.2, -0.15) is 0 Å². The van der Waals surface area contributed by atoms with Crippen LogP contribution in [0, 0.1) is 13.8 Å². The standard InChI is InChI=1S/C14H20N2O/c1-4-15-12-8-14(17)16(9-12)13-6-5-10(2)7-11(13)3/h5-7,12,15H,4,8-9H2,1-3H3. The van der Waals surface area contributed by atoms with Crippen LogP contribution in [-0.4, -0.2) is 25.0 Å². The molecule has 0 spiro atoms. The molecule has 1 saturated heterocycles. The van der Waals surface area contributed by atoms with Gasteiger partial charge in [-0.05, 0) is 32.0 Å². The Morgan fingerprint density at radius 3 is 2.82 bits per heavy atom. The lowest BCUT2D eigenvalue weighted by Gasteiger charge is -2.19. The zero-order chi connectivity index (χ0) is 12.4. The number of anilines is 1. The summed E-state index contributed by atoms with van der Waals surface area (Å²) in [6, 6.07) is 6.55. The average molecular weight is 232 g/mol. The Morgan fingerprint density at radius 2 is 2.18 bits per heavy atom. The van der Waals surface area contributed by atoms with E-state index in [1.54, 1.807) is 0 Å². The number of aryl methyl sites for hydroxylation is 2. The lowest BCUT2D eigenvalue weighted by Crippen LogP contribution is -2.32. The topological polar surface area (TPSA) is 32.3 Å². The van der Waals surface area contributed by atoms with Crippen molar-refractivity contribution in [1.82, 2.24) is 5.32 Å². The molecule has 3 nitrogen and oxygen atoms in total. The largest absolute Gasteiger partial charge is 0.312 e. The van der Waals surface area contributed by atoms with Gasteiger partial charge in [0.05, 0.1) is 0 Å². The third-order valence-electron chi connectivity index (χ3n) is 3.26. The molecule has 0 radical (unpaired) electrons. The Balaban J connectivity index is 2.20. The summed E-state index contributed by atoms with van der Waals surface area (Å²) in [6.45, 7) is 7.92. The molecule has 1 aromatic rings. The van der Waals surface area contributed by atoms with Crippen molar-refractivity contribution in [1.29, 1.82) is 0 Å². The van der Waals surface area contributed by atoms with Crippen LogP contribution in [0.15, 0.2) is 18.2 Å². The molecule has 0 saturated carbocycles. The summed E-state index contributed by atoms with van der Waals surface area (Å²) in [5.41, 5.74) is 3.47. The van der Waals surface area contributed by atoms with Gasteiger partial charge in [0.25, 0.3) is 0 Å². The number of hydrogen-bond acceptors (Lipinski definition) is 2. The van der Waals surface area contributed by atoms with Crippen molar-refractivity contribution in [3.63, 3.8) is 0 Å². The first kappa shape index (κ1) is 12.1. The second-order valence-electron chi connectivity index (χ2n) is 4.75. The molecule has 1 aliphatic heterocycles. The fraction of sp³-hybridized carbons (Fsp3) is 0.500. The molecule has 2 rings (SSSR count). The Bertz CT molecular complexity index is 428. The number of benzene rings is 1. The van der Waals surface area contributed by atoms with E-state index in [0.717, 1.165) is 18.8 Å². The van der Waals surface area contributed by atoms with E-state index in [1.807, 2.05) is 4.90 Å². The number of likely N-dealkylation sites (N-methyl/N-ethyl adjacent to an activating group) is 1. The minimum absolute atomic E-state index is 0.225. The zero-order valence-corrected chi connectivity index (χ0v) is 10.8. The molecule has 1 N–H and O–H groups in total. The van der Waals surface area contributed by atoms with Gasteiger partial charge in [0.1, 0.15) is 0 Å². The van der Waals surface area contributed by atoms with Crippen LogP contribution in [0.1, 0.15) is 24.5 Å². The van der Waals surface area contributed by atoms with Crippen LogP contribution in [0.25, 0.3) is 0 Å². The number of amides is 1. The lowest BCUT2D eigenvalue weighted by atomic mass is 10.1. The zero-order valence-electron chi connectivity index (χ0n) is 10.8. The molecule has 1 heterocycles. The molecule has 1 aromatic carbocycles. The molecule has 1 amide bonds. The van der Waals surface area contributed by atoms with Gasteiger partial charge in [-0.15, -0.1) is 0 Å². The van der Waals surface area contributed by atoms with Crippen LogP contribution >= 0.6 is 0 Å². The fourth-order valence-electron chi connectivity index (χ4n) is 2.47. The van der Waals surface area contributed by atoms with Gasteiger partial charge in [-0.25, -0.2) is 0 Å². The van der Waals surface area contributed by atoms with Gasteiger partial charge in [0.2, 0.25) is 5.91 Å². The van der Waals surface area contributed by atoms with Crippen molar-refractivity contribution in [2.45, 2.75) is 33.2 Å². The van der Waals surface area contributed by atoms with Crippen molar-refractivity contribution in [2.75, 3.05) is 18.0 Å². The van der Waals surface area contributed by atoms with Crippen molar-refractivity contribution >= 4 is 11.6 Å². The first-order chi connectivity index (χ1) is 8.11. The Labute approximate surface area is 103 Å². The second-order valence-corrected chi connectivity index (χ2v) is 4.75. The van der Waals surface area contributed by atoms with E-state index in [2.05, 4.69) is 44.3 Å². The third kappa shape index (κ3) is 2.50. The number of nitrogens with one attached hydrogen (secondary N) is 1. The van der Waals surface area contributed by atoms with E-state index in [0.29, 0.717) is 12.5 Å². The van der Waals surface area contributed by atoms with Gasteiger partial charge in [0.15, 0.2) is 0 Å². The van der Waals surface area contributed by atoms with Crippen LogP contribution in [-0.2, 0) is 4.79 Å². The fourth-order valence-corrected chi connectivity index (χ4v) is 2.47. The molecule has 17 heavy (non-hydrogen) atoms. The normalized spacial score (nSPS) is 20.1. The van der Waals surface area contributed by atoms with E-state index in [4.69, 9.17) is 0 Å². The summed E-state index contributed by atoms with van der Waals surface area (Å²) in [6.07, 6.45) is 0.612. The van der Waals surface area contributed by atoms with Crippen LogP contribution in [0.3, 0.4) is 0 Å². The predicted octanol–water partition coefficient (Wildman–Crippen LogP) is 2.02. The maximum Gasteiger partial charge on any atom is 0.228 e. The monoisotopic (exact) mass is 232 g/mol. The molecule has 1 aliphatic rings. The van der Waals surface area contributed by atoms with Crippen molar-refractivity contribution in [3.05, 3.63) is 29.3 Å². The highest BCUT2D eigenvalue weighted by Crippen LogP contribution is 2.25. The average Bonchev–Trinajstić information content (AvgIpc) is 2.60. The maximum atomic E-state index is 12.0. The number of carbonyl (C=O) groups is 1. The molecule has 92 valence electrons. The van der Waals surface area contributed by atoms with Gasteiger partial charge >= 0.3 is 0 Å². The maximum absolute atomic E-state index is 12.0. The number of rotatable bonds is 3. The number of hydrogen-bond donors (Lipinski definition) is 1. The van der Waals surface area contributed by atoms with E-state index in [9.17, 15) is 4.79 Å². The number of carbonyl (C=O) groups excluding carboxylic acids is 1. The smallest absolute Gasteiger partial charge is 0.228 e. The summed E-state index contributed by atoms with van der Waals surface area (Å²) >= 11 is 0. The molecule has 0 bridgehead atoms. The molecule has 1 unspecified atom stereocenters. The highest BCUT2D eigenvalue weighted by atomic mass is 16.2. The number of nitrogens with zero attached hydrogens (tertiary/aromatic N) is 1. The third-order valence-corrected chi connectivity index (χ3v) is 3.26. The highest BCUT2D eigenvalue weighted by molar-refractivity contribution is 5.96. The van der Waals surface area contributed by atoms with Crippen LogP contribution in [0.5, 0.6) is 0 Å². The van der Waals surface area contributed by atoms with Crippen molar-refractivity contribution < 1.29 is 4.79 Å². The summed E-state index contributed by atoms with van der Waals surface area (Å²) in [7, 11) is 0. The summed E-state index contributed by atoms with van der Waals surface area (Å²) in [5.74, 6) is 0.225. The molecule has 1 fully saturated rings. The highest BCUT2D eigenvalue weighted by Gasteiger charge is 2.30. The predicted molar refractivity (Wildman–Crippen MR) is 70.4 cm³/mol. The molecule has 1 atom stereocenters. The Morgan fingerprint density at radius 1 is 1.41 bits per heavy atom. The molecule has 0 aliphatic carbocycles. The van der Waals surface area contributed by atoms with Gasteiger partial charge in [0, 0.05) is 24.7 Å². The minimum Gasteiger partial charge on any atom is -0.312 e. The Hall–Kier alpha value is -1.35. The first-order valence-corrected chi connectivity index (χ1v) is 6.22. The second kappa shape index (κ2) is 4.88. The minimum atomic E-state index is 0.225. The summed E-state index contributed by atoms with van der Waals surface area (Å²) < 4.78 is 0. The van der Waals surface area contributed by atoms with Crippen LogP contribution in [0.2, 0.25) is 0 Å².